The van der Waals surface area contributed by atoms with Crippen molar-refractivity contribution in [2.75, 3.05) is 0 Å². The average molecular weight is 319 g/mol. The third-order valence-corrected chi connectivity index (χ3v) is 5.40. The lowest BCUT2D eigenvalue weighted by Crippen LogP contribution is -2.16. The molecule has 0 nitrogen and oxygen atoms in total. The van der Waals surface area contributed by atoms with Crippen molar-refractivity contribution in [2.24, 2.45) is 5.92 Å². The first-order valence-corrected chi connectivity index (χ1v) is 13.2. The lowest BCUT2D eigenvalue weighted by molar-refractivity contribution is 0.358. The predicted octanol–water partition coefficient (Wildman–Crippen LogP) is 7.12. The summed E-state index contributed by atoms with van der Waals surface area (Å²) >= 11 is 0. The Morgan fingerprint density at radius 3 is 2.32 bits per heavy atom. The molecule has 0 unspecified atom stereocenters. The summed E-state index contributed by atoms with van der Waals surface area (Å²) in [5.41, 5.74) is 5.06. The number of hydrogen-bond donors (Lipinski definition) is 0. The zero-order chi connectivity index (χ0) is 16.3. The fourth-order valence-corrected chi connectivity index (χ4v) is 3.72. The molecule has 0 heterocycles. The zero-order valence-electron chi connectivity index (χ0n) is 15.6. The van der Waals surface area contributed by atoms with E-state index in [4.69, 9.17) is 0 Å². The van der Waals surface area contributed by atoms with Crippen molar-refractivity contribution in [3.05, 3.63) is 11.6 Å². The standard InChI is InChI=1S/C21H38Si/c1-5-6-7-8-9-11-16-21(17-18-22(2,3)4)19-20-14-12-10-13-15-20/h16,20H,5-15,19H2,1-4H3/b21-16+. The number of unbranched alkanes of at least 4 members (excludes halogenated alkanes) is 5. The van der Waals surface area contributed by atoms with Crippen LogP contribution >= 0.6 is 0 Å². The van der Waals surface area contributed by atoms with Gasteiger partial charge in [-0.05, 0) is 30.8 Å². The van der Waals surface area contributed by atoms with Gasteiger partial charge in [-0.15, -0.1) is 5.54 Å². The van der Waals surface area contributed by atoms with Gasteiger partial charge in [-0.3, -0.25) is 0 Å². The van der Waals surface area contributed by atoms with Gasteiger partial charge in [0, 0.05) is 0 Å². The van der Waals surface area contributed by atoms with Crippen LogP contribution in [0.2, 0.25) is 19.6 Å². The van der Waals surface area contributed by atoms with Crippen molar-refractivity contribution in [2.45, 2.75) is 104 Å². The highest BCUT2D eigenvalue weighted by Crippen LogP contribution is 2.29. The first kappa shape index (κ1) is 19.6. The van der Waals surface area contributed by atoms with E-state index in [1.165, 1.54) is 82.6 Å². The molecule has 0 spiro atoms. The highest BCUT2D eigenvalue weighted by atomic mass is 28.3. The Labute approximate surface area is 141 Å². The summed E-state index contributed by atoms with van der Waals surface area (Å²) in [6, 6.07) is 0. The van der Waals surface area contributed by atoms with Gasteiger partial charge in [0.25, 0.3) is 0 Å². The smallest absolute Gasteiger partial charge is 0.127 e. The molecule has 0 N–H and O–H groups in total. The number of hydrogen-bond acceptors (Lipinski definition) is 0. The summed E-state index contributed by atoms with van der Waals surface area (Å²) in [7, 11) is -1.25. The highest BCUT2D eigenvalue weighted by Gasteiger charge is 2.15. The van der Waals surface area contributed by atoms with Crippen LogP contribution in [0.4, 0.5) is 0 Å². The minimum Gasteiger partial charge on any atom is -0.127 e. The fourth-order valence-electron chi connectivity index (χ4n) is 3.18. The summed E-state index contributed by atoms with van der Waals surface area (Å²) in [6.07, 6.45) is 19.1. The van der Waals surface area contributed by atoms with Crippen molar-refractivity contribution >= 4 is 8.07 Å². The van der Waals surface area contributed by atoms with Gasteiger partial charge in [0.2, 0.25) is 0 Å². The largest absolute Gasteiger partial charge is 0.129 e. The van der Waals surface area contributed by atoms with Gasteiger partial charge < -0.3 is 0 Å². The molecule has 1 fully saturated rings. The quantitative estimate of drug-likeness (QED) is 0.254. The molecule has 1 saturated carbocycles. The molecule has 1 aliphatic rings. The van der Waals surface area contributed by atoms with Crippen molar-refractivity contribution < 1.29 is 0 Å². The molecule has 0 amide bonds. The van der Waals surface area contributed by atoms with Crippen LogP contribution in [0.15, 0.2) is 11.6 Å². The molecule has 22 heavy (non-hydrogen) atoms. The van der Waals surface area contributed by atoms with Gasteiger partial charge in [-0.2, -0.15) is 0 Å². The second-order valence-electron chi connectivity index (χ2n) is 8.14. The summed E-state index contributed by atoms with van der Waals surface area (Å²) < 4.78 is 0. The molecule has 0 aliphatic heterocycles. The third-order valence-electron chi connectivity index (χ3n) is 4.53. The lowest BCUT2D eigenvalue weighted by atomic mass is 9.84. The topological polar surface area (TPSA) is 0 Å². The number of allylic oxidation sites excluding steroid dienone is 2. The minimum absolute atomic E-state index is 0.913. The van der Waals surface area contributed by atoms with Gasteiger partial charge in [-0.1, -0.05) is 96.3 Å². The van der Waals surface area contributed by atoms with Crippen LogP contribution in [0.1, 0.15) is 84.0 Å². The van der Waals surface area contributed by atoms with Gasteiger partial charge in [0.05, 0.1) is 0 Å². The summed E-state index contributed by atoms with van der Waals surface area (Å²) in [5, 5.41) is 0. The fraction of sp³-hybridized carbons (Fsp3) is 0.810. The Bertz CT molecular complexity index is 369. The molecule has 126 valence electrons. The maximum Gasteiger partial charge on any atom is 0.129 e. The minimum atomic E-state index is -1.25. The Kier molecular flexibility index (Phi) is 9.88. The van der Waals surface area contributed by atoms with E-state index in [-0.39, 0.29) is 0 Å². The molecular formula is C21H38Si. The van der Waals surface area contributed by atoms with E-state index < -0.39 is 8.07 Å². The molecule has 0 atom stereocenters. The van der Waals surface area contributed by atoms with E-state index in [1.54, 1.807) is 0 Å². The molecule has 0 aromatic rings. The molecule has 0 aromatic carbocycles. The maximum absolute atomic E-state index is 3.59. The molecule has 0 saturated heterocycles. The number of rotatable bonds is 8. The van der Waals surface area contributed by atoms with Crippen LogP contribution < -0.4 is 0 Å². The van der Waals surface area contributed by atoms with Crippen molar-refractivity contribution in [3.63, 3.8) is 0 Å². The third kappa shape index (κ3) is 10.3. The lowest BCUT2D eigenvalue weighted by Gasteiger charge is -2.21. The van der Waals surface area contributed by atoms with E-state index in [9.17, 15) is 0 Å². The van der Waals surface area contributed by atoms with Crippen molar-refractivity contribution in [3.8, 4) is 11.5 Å². The first-order valence-electron chi connectivity index (χ1n) is 9.73. The molecule has 0 bridgehead atoms. The summed E-state index contributed by atoms with van der Waals surface area (Å²) in [4.78, 5) is 0. The summed E-state index contributed by atoms with van der Waals surface area (Å²) in [5.74, 6) is 4.49. The van der Waals surface area contributed by atoms with E-state index in [0.717, 1.165) is 5.92 Å². The molecule has 0 aromatic heterocycles. The predicted molar refractivity (Wildman–Crippen MR) is 104 cm³/mol. The van der Waals surface area contributed by atoms with Crippen LogP contribution in [0.5, 0.6) is 0 Å². The Balaban J connectivity index is 2.50. The first-order chi connectivity index (χ1) is 10.5. The van der Waals surface area contributed by atoms with E-state index in [0.29, 0.717) is 0 Å². The SMILES string of the molecule is CCCCCCC/C=C(\C#C[Si](C)(C)C)CC1CCCCC1. The Hall–Kier alpha value is -0.483. The van der Waals surface area contributed by atoms with E-state index >= 15 is 0 Å². The molecule has 1 rings (SSSR count). The average Bonchev–Trinajstić information content (AvgIpc) is 2.48. The Morgan fingerprint density at radius 2 is 1.68 bits per heavy atom. The maximum atomic E-state index is 3.59. The molecular weight excluding hydrogens is 280 g/mol. The zero-order valence-corrected chi connectivity index (χ0v) is 16.6. The summed E-state index contributed by atoms with van der Waals surface area (Å²) in [6.45, 7) is 9.34. The van der Waals surface area contributed by atoms with E-state index in [1.807, 2.05) is 0 Å². The molecule has 0 radical (unpaired) electrons. The van der Waals surface area contributed by atoms with Crippen molar-refractivity contribution in [1.82, 2.24) is 0 Å². The molecule has 1 aliphatic carbocycles. The van der Waals surface area contributed by atoms with Gasteiger partial charge in [-0.25, -0.2) is 0 Å². The van der Waals surface area contributed by atoms with Gasteiger partial charge >= 0.3 is 0 Å². The van der Waals surface area contributed by atoms with Crippen LogP contribution in [0, 0.1) is 17.4 Å². The van der Waals surface area contributed by atoms with Crippen molar-refractivity contribution in [1.29, 1.82) is 0 Å². The van der Waals surface area contributed by atoms with Gasteiger partial charge in [0.1, 0.15) is 8.07 Å². The van der Waals surface area contributed by atoms with Crippen LogP contribution in [-0.2, 0) is 0 Å². The second-order valence-corrected chi connectivity index (χ2v) is 12.9. The van der Waals surface area contributed by atoms with Gasteiger partial charge in [0.15, 0.2) is 0 Å². The molecule has 1 heteroatoms. The highest BCUT2D eigenvalue weighted by molar-refractivity contribution is 6.83. The van der Waals surface area contributed by atoms with Crippen LogP contribution in [0.25, 0.3) is 0 Å². The monoisotopic (exact) mass is 318 g/mol. The van der Waals surface area contributed by atoms with E-state index in [2.05, 4.69) is 44.1 Å². The Morgan fingerprint density at radius 1 is 1.00 bits per heavy atom. The normalized spacial score (nSPS) is 17.2. The second kappa shape index (κ2) is 11.1. The van der Waals surface area contributed by atoms with Crippen LogP contribution in [0.3, 0.4) is 0 Å². The van der Waals surface area contributed by atoms with Crippen LogP contribution in [-0.4, -0.2) is 8.07 Å².